The second kappa shape index (κ2) is 10.5. The highest BCUT2D eigenvalue weighted by molar-refractivity contribution is 5.70. The molecular weight excluding hydrogens is 376 g/mol. The fourth-order valence-corrected chi connectivity index (χ4v) is 3.52. The third kappa shape index (κ3) is 5.64. The van der Waals surface area contributed by atoms with Gasteiger partial charge in [-0.3, -0.25) is 10.1 Å². The first kappa shape index (κ1) is 21.5. The van der Waals surface area contributed by atoms with Crippen molar-refractivity contribution in [3.63, 3.8) is 0 Å². The molecule has 156 valence electrons. The molecule has 1 heterocycles. The van der Waals surface area contributed by atoms with Crippen LogP contribution in [0.25, 0.3) is 0 Å². The lowest BCUT2D eigenvalue weighted by Crippen LogP contribution is -2.23. The number of hydrogen-bond acceptors (Lipinski definition) is 5. The normalized spacial score (nSPS) is 10.9. The van der Waals surface area contributed by atoms with Crippen LogP contribution in [0.15, 0.2) is 72.9 Å². The standard InChI is InChI=1S/C24H28N4O2/c1-26(2)17-8-9-18-27(24-23(28(29)30)15-10-16-25-24)22-14-7-6-13-21(22)19-20-11-4-3-5-12-20/h3-7,10-16H,8-9,17-19H2,1-2H3. The molecule has 0 atom stereocenters. The highest BCUT2D eigenvalue weighted by Gasteiger charge is 2.23. The van der Waals surface area contributed by atoms with Crippen molar-refractivity contribution in [1.82, 2.24) is 9.88 Å². The zero-order valence-corrected chi connectivity index (χ0v) is 17.6. The Labute approximate surface area is 177 Å². The third-order valence-corrected chi connectivity index (χ3v) is 4.98. The van der Waals surface area contributed by atoms with Gasteiger partial charge < -0.3 is 9.80 Å². The largest absolute Gasteiger partial charge is 0.320 e. The molecule has 0 aliphatic carbocycles. The Morgan fingerprint density at radius 3 is 2.33 bits per heavy atom. The molecule has 6 heteroatoms. The Kier molecular flexibility index (Phi) is 7.51. The van der Waals surface area contributed by atoms with Gasteiger partial charge >= 0.3 is 5.69 Å². The van der Waals surface area contributed by atoms with E-state index in [4.69, 9.17) is 0 Å². The van der Waals surface area contributed by atoms with Crippen LogP contribution in [-0.4, -0.2) is 42.0 Å². The summed E-state index contributed by atoms with van der Waals surface area (Å²) in [6, 6.07) is 21.5. The van der Waals surface area contributed by atoms with Gasteiger partial charge in [-0.1, -0.05) is 48.5 Å². The minimum absolute atomic E-state index is 0.0274. The molecular formula is C24H28N4O2. The van der Waals surface area contributed by atoms with Crippen LogP contribution >= 0.6 is 0 Å². The zero-order chi connectivity index (χ0) is 21.3. The minimum atomic E-state index is -0.352. The van der Waals surface area contributed by atoms with Gasteiger partial charge in [0.1, 0.15) is 0 Å². The SMILES string of the molecule is CN(C)CCCCN(c1ccccc1Cc1ccccc1)c1ncccc1[N+](=O)[O-]. The minimum Gasteiger partial charge on any atom is -0.320 e. The maximum Gasteiger partial charge on any atom is 0.311 e. The predicted molar refractivity (Wildman–Crippen MR) is 121 cm³/mol. The lowest BCUT2D eigenvalue weighted by molar-refractivity contribution is -0.384. The number of benzene rings is 2. The second-order valence-electron chi connectivity index (χ2n) is 7.56. The molecule has 1 aromatic heterocycles. The Morgan fingerprint density at radius 1 is 0.900 bits per heavy atom. The Hall–Kier alpha value is -3.25. The summed E-state index contributed by atoms with van der Waals surface area (Å²) in [5, 5.41) is 11.7. The van der Waals surface area contributed by atoms with Crippen molar-refractivity contribution in [2.45, 2.75) is 19.3 Å². The number of pyridine rings is 1. The van der Waals surface area contributed by atoms with Crippen molar-refractivity contribution in [3.8, 4) is 0 Å². The van der Waals surface area contributed by atoms with Crippen LogP contribution in [0, 0.1) is 10.1 Å². The first-order valence-corrected chi connectivity index (χ1v) is 10.2. The Morgan fingerprint density at radius 2 is 1.60 bits per heavy atom. The van der Waals surface area contributed by atoms with Crippen molar-refractivity contribution in [3.05, 3.63) is 94.2 Å². The lowest BCUT2D eigenvalue weighted by atomic mass is 10.0. The summed E-state index contributed by atoms with van der Waals surface area (Å²) in [7, 11) is 4.10. The number of hydrogen-bond donors (Lipinski definition) is 0. The fraction of sp³-hybridized carbons (Fsp3) is 0.292. The number of unbranched alkanes of at least 4 members (excludes halogenated alkanes) is 1. The molecule has 0 bridgehead atoms. The molecule has 2 aromatic carbocycles. The number of rotatable bonds is 10. The van der Waals surface area contributed by atoms with Gasteiger partial charge in [-0.2, -0.15) is 0 Å². The molecule has 30 heavy (non-hydrogen) atoms. The molecule has 0 fully saturated rings. The van der Waals surface area contributed by atoms with E-state index in [9.17, 15) is 10.1 Å². The maximum atomic E-state index is 11.7. The summed E-state index contributed by atoms with van der Waals surface area (Å²) in [5.41, 5.74) is 3.32. The van der Waals surface area contributed by atoms with Crippen molar-refractivity contribution < 1.29 is 4.92 Å². The number of aromatic nitrogens is 1. The van der Waals surface area contributed by atoms with E-state index in [2.05, 4.69) is 42.2 Å². The monoisotopic (exact) mass is 404 g/mol. The summed E-state index contributed by atoms with van der Waals surface area (Å²) in [6.45, 7) is 1.64. The van der Waals surface area contributed by atoms with E-state index < -0.39 is 0 Å². The molecule has 0 N–H and O–H groups in total. The molecule has 6 nitrogen and oxygen atoms in total. The maximum absolute atomic E-state index is 11.7. The number of nitrogens with zero attached hydrogens (tertiary/aromatic N) is 4. The van der Waals surface area contributed by atoms with E-state index >= 15 is 0 Å². The van der Waals surface area contributed by atoms with E-state index in [1.807, 2.05) is 41.3 Å². The molecule has 0 saturated carbocycles. The smallest absolute Gasteiger partial charge is 0.311 e. The first-order valence-electron chi connectivity index (χ1n) is 10.2. The van der Waals surface area contributed by atoms with Gasteiger partial charge in [0.2, 0.25) is 5.82 Å². The van der Waals surface area contributed by atoms with Gasteiger partial charge in [-0.05, 0) is 63.2 Å². The van der Waals surface area contributed by atoms with Gasteiger partial charge in [0.05, 0.1) is 4.92 Å². The molecule has 0 spiro atoms. The van der Waals surface area contributed by atoms with E-state index in [0.717, 1.165) is 37.1 Å². The van der Waals surface area contributed by atoms with Crippen LogP contribution < -0.4 is 4.90 Å². The summed E-state index contributed by atoms with van der Waals surface area (Å²) in [5.74, 6) is 0.396. The average Bonchev–Trinajstić information content (AvgIpc) is 2.75. The van der Waals surface area contributed by atoms with Crippen LogP contribution in [0.5, 0.6) is 0 Å². The summed E-state index contributed by atoms with van der Waals surface area (Å²) >= 11 is 0. The number of para-hydroxylation sites is 1. The van der Waals surface area contributed by atoms with Crippen LogP contribution in [-0.2, 0) is 6.42 Å². The molecule has 0 radical (unpaired) electrons. The van der Waals surface area contributed by atoms with Gasteiger partial charge in [-0.25, -0.2) is 4.98 Å². The Bertz CT molecular complexity index is 960. The van der Waals surface area contributed by atoms with Crippen LogP contribution in [0.1, 0.15) is 24.0 Å². The molecule has 3 aromatic rings. The third-order valence-electron chi connectivity index (χ3n) is 4.98. The zero-order valence-electron chi connectivity index (χ0n) is 17.6. The number of nitro groups is 1. The van der Waals surface area contributed by atoms with Crippen molar-refractivity contribution >= 4 is 17.2 Å². The summed E-state index contributed by atoms with van der Waals surface area (Å²) in [6.07, 6.45) is 4.29. The van der Waals surface area contributed by atoms with Crippen molar-refractivity contribution in [2.24, 2.45) is 0 Å². The lowest BCUT2D eigenvalue weighted by Gasteiger charge is -2.26. The van der Waals surface area contributed by atoms with E-state index in [-0.39, 0.29) is 10.6 Å². The molecule has 0 aliphatic heterocycles. The van der Waals surface area contributed by atoms with Gasteiger partial charge in [0, 0.05) is 24.5 Å². The molecule has 0 amide bonds. The fourth-order valence-electron chi connectivity index (χ4n) is 3.52. The van der Waals surface area contributed by atoms with Crippen LogP contribution in [0.4, 0.5) is 17.2 Å². The van der Waals surface area contributed by atoms with E-state index in [0.29, 0.717) is 12.4 Å². The van der Waals surface area contributed by atoms with Gasteiger partial charge in [0.25, 0.3) is 0 Å². The number of anilines is 2. The summed E-state index contributed by atoms with van der Waals surface area (Å²) < 4.78 is 0. The van der Waals surface area contributed by atoms with E-state index in [1.165, 1.54) is 11.6 Å². The predicted octanol–water partition coefficient (Wildman–Crippen LogP) is 5.06. The average molecular weight is 405 g/mol. The van der Waals surface area contributed by atoms with Crippen molar-refractivity contribution in [2.75, 3.05) is 32.1 Å². The molecule has 0 aliphatic rings. The van der Waals surface area contributed by atoms with Crippen LogP contribution in [0.3, 0.4) is 0 Å². The summed E-state index contributed by atoms with van der Waals surface area (Å²) in [4.78, 5) is 19.9. The van der Waals surface area contributed by atoms with E-state index in [1.54, 1.807) is 12.3 Å². The highest BCUT2D eigenvalue weighted by Crippen LogP contribution is 2.34. The molecule has 3 rings (SSSR count). The Balaban J connectivity index is 1.97. The topological polar surface area (TPSA) is 62.5 Å². The molecule has 0 saturated heterocycles. The van der Waals surface area contributed by atoms with Crippen molar-refractivity contribution in [1.29, 1.82) is 0 Å². The highest BCUT2D eigenvalue weighted by atomic mass is 16.6. The first-order chi connectivity index (χ1) is 14.6. The van der Waals surface area contributed by atoms with Crippen LogP contribution in [0.2, 0.25) is 0 Å². The molecule has 0 unspecified atom stereocenters. The van der Waals surface area contributed by atoms with Gasteiger partial charge in [0.15, 0.2) is 0 Å². The quantitative estimate of drug-likeness (QED) is 0.268. The second-order valence-corrected chi connectivity index (χ2v) is 7.56. The van der Waals surface area contributed by atoms with Gasteiger partial charge in [-0.15, -0.1) is 0 Å².